The first-order chi connectivity index (χ1) is 13.5. The summed E-state index contributed by atoms with van der Waals surface area (Å²) in [5.74, 6) is 0.773. The Balaban J connectivity index is 1.85. The third-order valence-corrected chi connectivity index (χ3v) is 4.40. The minimum absolute atomic E-state index is 0.0972. The van der Waals surface area contributed by atoms with Gasteiger partial charge in [-0.15, -0.1) is 0 Å². The zero-order valence-electron chi connectivity index (χ0n) is 16.7. The Morgan fingerprint density at radius 3 is 2.57 bits per heavy atom. The number of benzene rings is 2. The molecule has 1 heterocycles. The molecule has 0 spiro atoms. The van der Waals surface area contributed by atoms with E-state index in [0.29, 0.717) is 6.61 Å². The number of aromatic nitrogens is 1. The summed E-state index contributed by atoms with van der Waals surface area (Å²) in [7, 11) is 0. The maximum absolute atomic E-state index is 11.2. The highest BCUT2D eigenvalue weighted by atomic mass is 16.5. The van der Waals surface area contributed by atoms with E-state index < -0.39 is 0 Å². The fourth-order valence-corrected chi connectivity index (χ4v) is 3.19. The maximum Gasteiger partial charge on any atom is 0.221 e. The molecule has 0 aliphatic carbocycles. The average molecular weight is 375 g/mol. The van der Waals surface area contributed by atoms with E-state index in [1.807, 2.05) is 49.5 Å². The van der Waals surface area contributed by atoms with E-state index in [4.69, 9.17) is 4.74 Å². The monoisotopic (exact) mass is 375 g/mol. The van der Waals surface area contributed by atoms with E-state index in [-0.39, 0.29) is 5.91 Å². The van der Waals surface area contributed by atoms with Gasteiger partial charge in [0, 0.05) is 41.5 Å². The van der Waals surface area contributed by atoms with Crippen LogP contribution in [0.4, 0.5) is 11.4 Å². The molecule has 5 heteroatoms. The third-order valence-electron chi connectivity index (χ3n) is 4.40. The highest BCUT2D eigenvalue weighted by Crippen LogP contribution is 2.23. The van der Waals surface area contributed by atoms with Crippen molar-refractivity contribution in [2.45, 2.75) is 27.7 Å². The number of carbonyl (C=O) groups excluding carboxylic acids is 1. The summed E-state index contributed by atoms with van der Waals surface area (Å²) in [5, 5.41) is 2.78. The van der Waals surface area contributed by atoms with Crippen molar-refractivity contribution in [1.82, 2.24) is 4.57 Å². The van der Waals surface area contributed by atoms with Crippen molar-refractivity contribution >= 4 is 23.5 Å². The summed E-state index contributed by atoms with van der Waals surface area (Å²) in [6.07, 6.45) is 1.86. The van der Waals surface area contributed by atoms with Gasteiger partial charge >= 0.3 is 0 Å². The summed E-state index contributed by atoms with van der Waals surface area (Å²) in [5.41, 5.74) is 5.92. The van der Waals surface area contributed by atoms with Crippen LogP contribution in [0.3, 0.4) is 0 Å². The molecule has 0 fully saturated rings. The molecule has 0 aliphatic heterocycles. The standard InChI is InChI=1S/C23H25N3O2/c1-5-28-23-11-9-22(10-12-23)26-16(2)13-19(17(26)3)15-24-20-7-6-8-21(14-20)25-18(4)27/h6-15H,5H2,1-4H3,(H,25,27). The molecule has 2 aromatic carbocycles. The molecule has 1 N–H and O–H groups in total. The fraction of sp³-hybridized carbons (Fsp3) is 0.217. The molecule has 0 aliphatic rings. The lowest BCUT2D eigenvalue weighted by Gasteiger charge is -2.11. The molecule has 1 aromatic heterocycles. The van der Waals surface area contributed by atoms with Crippen LogP contribution in [0.1, 0.15) is 30.8 Å². The maximum atomic E-state index is 11.2. The Labute approximate surface area is 165 Å². The minimum atomic E-state index is -0.0972. The van der Waals surface area contributed by atoms with E-state index >= 15 is 0 Å². The molecule has 5 nitrogen and oxygen atoms in total. The van der Waals surface area contributed by atoms with Crippen LogP contribution in [0, 0.1) is 13.8 Å². The van der Waals surface area contributed by atoms with Gasteiger partial charge in [0.1, 0.15) is 5.75 Å². The molecule has 1 amide bonds. The van der Waals surface area contributed by atoms with Gasteiger partial charge in [0.05, 0.1) is 12.3 Å². The van der Waals surface area contributed by atoms with Crippen LogP contribution < -0.4 is 10.1 Å². The minimum Gasteiger partial charge on any atom is -0.494 e. The molecule has 3 aromatic rings. The largest absolute Gasteiger partial charge is 0.494 e. The number of ether oxygens (including phenoxy) is 1. The summed E-state index contributed by atoms with van der Waals surface area (Å²) in [6, 6.07) is 17.7. The average Bonchev–Trinajstić information content (AvgIpc) is 2.94. The van der Waals surface area contributed by atoms with Crippen LogP contribution in [0.15, 0.2) is 59.6 Å². The summed E-state index contributed by atoms with van der Waals surface area (Å²) in [6.45, 7) is 8.29. The van der Waals surface area contributed by atoms with Crippen molar-refractivity contribution < 1.29 is 9.53 Å². The summed E-state index contributed by atoms with van der Waals surface area (Å²) in [4.78, 5) is 15.8. The fourth-order valence-electron chi connectivity index (χ4n) is 3.19. The van der Waals surface area contributed by atoms with Gasteiger partial charge in [-0.1, -0.05) is 6.07 Å². The lowest BCUT2D eigenvalue weighted by molar-refractivity contribution is -0.114. The van der Waals surface area contributed by atoms with Crippen LogP contribution in [0.5, 0.6) is 5.75 Å². The highest BCUT2D eigenvalue weighted by molar-refractivity contribution is 5.89. The van der Waals surface area contributed by atoms with Gasteiger partial charge < -0.3 is 14.6 Å². The second-order valence-electron chi connectivity index (χ2n) is 6.58. The Bertz CT molecular complexity index is 1000. The van der Waals surface area contributed by atoms with E-state index in [1.54, 1.807) is 0 Å². The molecule has 3 rings (SSSR count). The molecule has 0 bridgehead atoms. The normalized spacial score (nSPS) is 11.0. The van der Waals surface area contributed by atoms with Crippen molar-refractivity contribution in [2.75, 3.05) is 11.9 Å². The van der Waals surface area contributed by atoms with E-state index in [2.05, 4.69) is 46.9 Å². The van der Waals surface area contributed by atoms with Crippen LogP contribution >= 0.6 is 0 Å². The van der Waals surface area contributed by atoms with Gasteiger partial charge in [-0.25, -0.2) is 0 Å². The second kappa shape index (κ2) is 8.57. The molecule has 144 valence electrons. The van der Waals surface area contributed by atoms with Gasteiger partial charge in [0.15, 0.2) is 0 Å². The lowest BCUT2D eigenvalue weighted by atomic mass is 10.2. The first-order valence-electron chi connectivity index (χ1n) is 9.32. The molecular formula is C23H25N3O2. The topological polar surface area (TPSA) is 55.6 Å². The Kier molecular flexibility index (Phi) is 5.94. The molecule has 0 atom stereocenters. The summed E-state index contributed by atoms with van der Waals surface area (Å²) < 4.78 is 7.73. The Morgan fingerprint density at radius 2 is 1.89 bits per heavy atom. The van der Waals surface area contributed by atoms with Crippen LogP contribution in [0.2, 0.25) is 0 Å². The quantitative estimate of drug-likeness (QED) is 0.602. The van der Waals surface area contributed by atoms with Crippen molar-refractivity contribution in [1.29, 1.82) is 0 Å². The predicted molar refractivity (Wildman–Crippen MR) is 114 cm³/mol. The van der Waals surface area contributed by atoms with E-state index in [0.717, 1.165) is 39.8 Å². The number of rotatable bonds is 6. The number of amides is 1. The van der Waals surface area contributed by atoms with Crippen LogP contribution in [0.25, 0.3) is 5.69 Å². The van der Waals surface area contributed by atoms with Crippen molar-refractivity contribution in [3.05, 3.63) is 71.5 Å². The smallest absolute Gasteiger partial charge is 0.221 e. The number of nitrogens with zero attached hydrogens (tertiary/aromatic N) is 2. The van der Waals surface area contributed by atoms with Crippen molar-refractivity contribution in [3.8, 4) is 11.4 Å². The van der Waals surface area contributed by atoms with Crippen molar-refractivity contribution in [3.63, 3.8) is 0 Å². The molecule has 0 radical (unpaired) electrons. The second-order valence-corrected chi connectivity index (χ2v) is 6.58. The van der Waals surface area contributed by atoms with Gasteiger partial charge in [-0.05, 0) is 69.3 Å². The number of hydrogen-bond donors (Lipinski definition) is 1. The number of aliphatic imine (C=N–C) groups is 1. The molecule has 28 heavy (non-hydrogen) atoms. The third kappa shape index (κ3) is 4.49. The van der Waals surface area contributed by atoms with Gasteiger partial charge in [0.2, 0.25) is 5.91 Å². The first-order valence-corrected chi connectivity index (χ1v) is 9.32. The predicted octanol–water partition coefficient (Wildman–Crippen LogP) is 5.20. The molecular weight excluding hydrogens is 350 g/mol. The number of nitrogens with one attached hydrogen (secondary N) is 1. The van der Waals surface area contributed by atoms with Gasteiger partial charge in [-0.3, -0.25) is 9.79 Å². The zero-order valence-corrected chi connectivity index (χ0v) is 16.7. The summed E-state index contributed by atoms with van der Waals surface area (Å²) >= 11 is 0. The van der Waals surface area contributed by atoms with E-state index in [9.17, 15) is 4.79 Å². The lowest BCUT2D eigenvalue weighted by Crippen LogP contribution is -2.05. The highest BCUT2D eigenvalue weighted by Gasteiger charge is 2.09. The molecule has 0 unspecified atom stereocenters. The van der Waals surface area contributed by atoms with Gasteiger partial charge in [0.25, 0.3) is 0 Å². The molecule has 0 saturated carbocycles. The van der Waals surface area contributed by atoms with Gasteiger partial charge in [-0.2, -0.15) is 0 Å². The van der Waals surface area contributed by atoms with E-state index in [1.165, 1.54) is 6.92 Å². The number of hydrogen-bond acceptors (Lipinski definition) is 3. The van der Waals surface area contributed by atoms with Crippen LogP contribution in [-0.4, -0.2) is 23.3 Å². The Hall–Kier alpha value is -3.34. The van der Waals surface area contributed by atoms with Crippen molar-refractivity contribution in [2.24, 2.45) is 4.99 Å². The number of carbonyl (C=O) groups is 1. The number of aryl methyl sites for hydroxylation is 1. The zero-order chi connectivity index (χ0) is 20.1. The SMILES string of the molecule is CCOc1ccc(-n2c(C)cc(C=Nc3cccc(NC(C)=O)c3)c2C)cc1. The van der Waals surface area contributed by atoms with Crippen LogP contribution in [-0.2, 0) is 4.79 Å². The number of anilines is 1. The first kappa shape index (κ1) is 19.4. The Morgan fingerprint density at radius 1 is 1.14 bits per heavy atom. The molecule has 0 saturated heterocycles.